The molecule has 0 aliphatic heterocycles. The number of aliphatic carboxylic acids is 1. The van der Waals surface area contributed by atoms with Crippen LogP contribution in [0.5, 0.6) is 0 Å². The van der Waals surface area contributed by atoms with Crippen molar-refractivity contribution in [1.29, 1.82) is 0 Å². The normalized spacial score (nSPS) is 26.4. The molecule has 0 bridgehead atoms. The maximum atomic E-state index is 10.6. The minimum absolute atomic E-state index is 0.0825. The van der Waals surface area contributed by atoms with E-state index in [0.29, 0.717) is 12.7 Å². The second kappa shape index (κ2) is 6.89. The van der Waals surface area contributed by atoms with Crippen LogP contribution in [0.25, 0.3) is 0 Å². The summed E-state index contributed by atoms with van der Waals surface area (Å²) in [6.07, 6.45) is 4.02. The summed E-state index contributed by atoms with van der Waals surface area (Å²) in [7, 11) is 0. The molecule has 20 heavy (non-hydrogen) atoms. The average Bonchev–Trinajstić information content (AvgIpc) is 2.41. The van der Waals surface area contributed by atoms with E-state index >= 15 is 0 Å². The Morgan fingerprint density at radius 2 is 1.80 bits per heavy atom. The van der Waals surface area contributed by atoms with Crippen molar-refractivity contribution in [2.45, 2.75) is 52.2 Å². The predicted molar refractivity (Wildman–Crippen MR) is 78.5 cm³/mol. The van der Waals surface area contributed by atoms with Gasteiger partial charge in [-0.05, 0) is 42.2 Å². The molecule has 1 aliphatic rings. The van der Waals surface area contributed by atoms with Crippen LogP contribution in [0.4, 0.5) is 0 Å². The maximum absolute atomic E-state index is 10.6. The zero-order valence-corrected chi connectivity index (χ0v) is 12.3. The first kappa shape index (κ1) is 15.0. The fourth-order valence-electron chi connectivity index (χ4n) is 2.79. The minimum atomic E-state index is -0.792. The van der Waals surface area contributed by atoms with Crippen molar-refractivity contribution in [3.05, 3.63) is 35.4 Å². The number of carboxylic acid groups (broad SMARTS) is 1. The lowest BCUT2D eigenvalue weighted by Crippen LogP contribution is -2.26. The average molecular weight is 276 g/mol. The summed E-state index contributed by atoms with van der Waals surface area (Å²) in [5.41, 5.74) is 1.95. The standard InChI is InChI=1S/C17H24O3/c1-12-3-8-16(9-13(12)2)20-11-15-6-4-14(5-7-15)10-17(18)19/h4-7,12-13,16H,3,8-11H2,1-2H3,(H,18,19). The second-order valence-corrected chi connectivity index (χ2v) is 6.09. The molecule has 0 radical (unpaired) electrons. The van der Waals surface area contributed by atoms with Crippen LogP contribution in [0.1, 0.15) is 44.2 Å². The number of ether oxygens (including phenoxy) is 1. The SMILES string of the molecule is CC1CCC(OCc2ccc(CC(=O)O)cc2)CC1C. The van der Waals surface area contributed by atoms with E-state index < -0.39 is 5.97 Å². The van der Waals surface area contributed by atoms with Gasteiger partial charge in [0, 0.05) is 0 Å². The molecule has 1 saturated carbocycles. The number of carboxylic acids is 1. The van der Waals surface area contributed by atoms with Gasteiger partial charge in [0.2, 0.25) is 0 Å². The third-order valence-corrected chi connectivity index (χ3v) is 4.41. The molecule has 1 aromatic rings. The number of rotatable bonds is 5. The monoisotopic (exact) mass is 276 g/mol. The van der Waals surface area contributed by atoms with Crippen LogP contribution in [0.15, 0.2) is 24.3 Å². The summed E-state index contributed by atoms with van der Waals surface area (Å²) >= 11 is 0. The molecule has 0 aromatic heterocycles. The first-order valence-electron chi connectivity index (χ1n) is 7.46. The first-order valence-corrected chi connectivity index (χ1v) is 7.46. The molecule has 0 amide bonds. The summed E-state index contributed by atoms with van der Waals surface area (Å²) in [6, 6.07) is 7.68. The summed E-state index contributed by atoms with van der Waals surface area (Å²) in [5, 5.41) is 8.73. The van der Waals surface area contributed by atoms with Crippen LogP contribution >= 0.6 is 0 Å². The van der Waals surface area contributed by atoms with Gasteiger partial charge >= 0.3 is 5.97 Å². The van der Waals surface area contributed by atoms with E-state index in [1.807, 2.05) is 24.3 Å². The third kappa shape index (κ3) is 4.34. The van der Waals surface area contributed by atoms with E-state index in [2.05, 4.69) is 13.8 Å². The highest BCUT2D eigenvalue weighted by Gasteiger charge is 2.24. The fourth-order valence-corrected chi connectivity index (χ4v) is 2.79. The Morgan fingerprint density at radius 3 is 2.40 bits per heavy atom. The smallest absolute Gasteiger partial charge is 0.307 e. The van der Waals surface area contributed by atoms with Crippen molar-refractivity contribution in [2.75, 3.05) is 0 Å². The van der Waals surface area contributed by atoms with Gasteiger partial charge in [-0.15, -0.1) is 0 Å². The van der Waals surface area contributed by atoms with Gasteiger partial charge in [-0.1, -0.05) is 38.1 Å². The van der Waals surface area contributed by atoms with Crippen LogP contribution in [0.2, 0.25) is 0 Å². The molecule has 0 saturated heterocycles. The summed E-state index contributed by atoms with van der Waals surface area (Å²) in [4.78, 5) is 10.6. The van der Waals surface area contributed by atoms with Crippen LogP contribution in [0, 0.1) is 11.8 Å². The van der Waals surface area contributed by atoms with Crippen molar-refractivity contribution in [3.63, 3.8) is 0 Å². The lowest BCUT2D eigenvalue weighted by atomic mass is 9.80. The number of benzene rings is 1. The molecule has 3 atom stereocenters. The van der Waals surface area contributed by atoms with E-state index in [1.165, 1.54) is 6.42 Å². The summed E-state index contributed by atoms with van der Waals surface area (Å²) in [5.74, 6) is 0.760. The van der Waals surface area contributed by atoms with E-state index in [9.17, 15) is 4.79 Å². The Hall–Kier alpha value is -1.35. The molecule has 110 valence electrons. The van der Waals surface area contributed by atoms with Gasteiger partial charge in [0.15, 0.2) is 0 Å². The van der Waals surface area contributed by atoms with E-state index in [-0.39, 0.29) is 6.42 Å². The molecule has 1 aliphatic carbocycles. The van der Waals surface area contributed by atoms with Crippen LogP contribution in [-0.2, 0) is 22.6 Å². The van der Waals surface area contributed by atoms with Gasteiger partial charge in [-0.2, -0.15) is 0 Å². The molecule has 1 N–H and O–H groups in total. The molecular weight excluding hydrogens is 252 g/mol. The molecule has 0 spiro atoms. The number of carbonyl (C=O) groups is 1. The van der Waals surface area contributed by atoms with Crippen molar-refractivity contribution in [3.8, 4) is 0 Å². The summed E-state index contributed by atoms with van der Waals surface area (Å²) < 4.78 is 5.99. The Kier molecular flexibility index (Phi) is 5.18. The van der Waals surface area contributed by atoms with Crippen LogP contribution in [-0.4, -0.2) is 17.2 Å². The molecule has 1 aromatic carbocycles. The van der Waals surface area contributed by atoms with Gasteiger partial charge < -0.3 is 9.84 Å². The lowest BCUT2D eigenvalue weighted by molar-refractivity contribution is -0.136. The second-order valence-electron chi connectivity index (χ2n) is 6.09. The zero-order valence-electron chi connectivity index (χ0n) is 12.3. The largest absolute Gasteiger partial charge is 0.481 e. The van der Waals surface area contributed by atoms with Gasteiger partial charge in [-0.25, -0.2) is 0 Å². The molecular formula is C17H24O3. The van der Waals surface area contributed by atoms with Crippen LogP contribution < -0.4 is 0 Å². The van der Waals surface area contributed by atoms with E-state index in [4.69, 9.17) is 9.84 Å². The zero-order chi connectivity index (χ0) is 14.5. The first-order chi connectivity index (χ1) is 9.54. The lowest BCUT2D eigenvalue weighted by Gasteiger charge is -2.32. The van der Waals surface area contributed by atoms with Crippen molar-refractivity contribution in [1.82, 2.24) is 0 Å². The number of hydrogen-bond acceptors (Lipinski definition) is 2. The highest BCUT2D eigenvalue weighted by atomic mass is 16.5. The molecule has 3 nitrogen and oxygen atoms in total. The van der Waals surface area contributed by atoms with Gasteiger partial charge in [0.05, 0.1) is 19.1 Å². The summed E-state index contributed by atoms with van der Waals surface area (Å²) in [6.45, 7) is 5.25. The highest BCUT2D eigenvalue weighted by molar-refractivity contribution is 5.70. The molecule has 3 heteroatoms. The topological polar surface area (TPSA) is 46.5 Å². The van der Waals surface area contributed by atoms with E-state index in [1.54, 1.807) is 0 Å². The Balaban J connectivity index is 1.80. The van der Waals surface area contributed by atoms with Crippen molar-refractivity contribution < 1.29 is 14.6 Å². The predicted octanol–water partition coefficient (Wildman–Crippen LogP) is 3.66. The van der Waals surface area contributed by atoms with Gasteiger partial charge in [0.1, 0.15) is 0 Å². The van der Waals surface area contributed by atoms with Gasteiger partial charge in [-0.3, -0.25) is 4.79 Å². The Morgan fingerprint density at radius 1 is 1.15 bits per heavy atom. The van der Waals surface area contributed by atoms with Gasteiger partial charge in [0.25, 0.3) is 0 Å². The van der Waals surface area contributed by atoms with Crippen LogP contribution in [0.3, 0.4) is 0 Å². The maximum Gasteiger partial charge on any atom is 0.307 e. The molecule has 0 heterocycles. The third-order valence-electron chi connectivity index (χ3n) is 4.41. The molecule has 2 rings (SSSR count). The van der Waals surface area contributed by atoms with Crippen molar-refractivity contribution in [2.24, 2.45) is 11.8 Å². The fraction of sp³-hybridized carbons (Fsp3) is 0.588. The molecule has 3 unspecified atom stereocenters. The van der Waals surface area contributed by atoms with Crippen molar-refractivity contribution >= 4 is 5.97 Å². The molecule has 1 fully saturated rings. The quantitative estimate of drug-likeness (QED) is 0.892. The van der Waals surface area contributed by atoms with E-state index in [0.717, 1.165) is 35.8 Å². The number of hydrogen-bond donors (Lipinski definition) is 1. The Bertz CT molecular complexity index is 438. The Labute approximate surface area is 121 Å². The highest BCUT2D eigenvalue weighted by Crippen LogP contribution is 2.31. The minimum Gasteiger partial charge on any atom is -0.481 e.